The van der Waals surface area contributed by atoms with Gasteiger partial charge in [0.15, 0.2) is 5.16 Å². The lowest BCUT2D eigenvalue weighted by Crippen LogP contribution is -2.27. The van der Waals surface area contributed by atoms with E-state index in [-0.39, 0.29) is 17.2 Å². The number of hydrogen-bond acceptors (Lipinski definition) is 5. The molecule has 2 aromatic carbocycles. The van der Waals surface area contributed by atoms with E-state index in [9.17, 15) is 9.59 Å². The van der Waals surface area contributed by atoms with Crippen molar-refractivity contribution < 1.29 is 4.79 Å². The molecule has 0 saturated carbocycles. The molecule has 174 valence electrons. The molecule has 5 nitrogen and oxygen atoms in total. The Balaban J connectivity index is 1.39. The van der Waals surface area contributed by atoms with E-state index >= 15 is 0 Å². The first-order valence-corrected chi connectivity index (χ1v) is 13.5. The monoisotopic (exact) mass is 489 g/mol. The molecule has 2 aromatic heterocycles. The Morgan fingerprint density at radius 1 is 1.00 bits per heavy atom. The van der Waals surface area contributed by atoms with Crippen LogP contribution in [0.1, 0.15) is 34.4 Å². The smallest absolute Gasteiger partial charge is 0.263 e. The summed E-state index contributed by atoms with van der Waals surface area (Å²) < 4.78 is 1.78. The molecule has 0 spiro atoms. The molecule has 0 bridgehead atoms. The minimum absolute atomic E-state index is 0.0347. The Hall–Kier alpha value is -2.90. The molecule has 7 heteroatoms. The Bertz CT molecular complexity index is 1350. The molecule has 1 aliphatic carbocycles. The predicted octanol–water partition coefficient (Wildman–Crippen LogP) is 4.99. The van der Waals surface area contributed by atoms with Crippen LogP contribution in [0.15, 0.2) is 70.6 Å². The zero-order chi connectivity index (χ0) is 23.3. The van der Waals surface area contributed by atoms with Gasteiger partial charge in [0.25, 0.3) is 5.56 Å². The molecule has 1 N–H and O–H groups in total. The first-order valence-electron chi connectivity index (χ1n) is 11.7. The number of aromatic nitrogens is 2. The number of rotatable bonds is 8. The fourth-order valence-corrected chi connectivity index (χ4v) is 6.55. The van der Waals surface area contributed by atoms with Gasteiger partial charge in [0, 0.05) is 18.0 Å². The van der Waals surface area contributed by atoms with Crippen LogP contribution in [0.4, 0.5) is 0 Å². The Morgan fingerprint density at radius 3 is 2.47 bits per heavy atom. The number of thioether (sulfide) groups is 1. The first kappa shape index (κ1) is 22.9. The van der Waals surface area contributed by atoms with E-state index in [0.29, 0.717) is 18.2 Å². The maximum Gasteiger partial charge on any atom is 0.263 e. The number of nitrogens with zero attached hydrogens (tertiary/aromatic N) is 2. The highest BCUT2D eigenvalue weighted by Gasteiger charge is 2.22. The summed E-state index contributed by atoms with van der Waals surface area (Å²) in [6, 6.07) is 20.0. The maximum atomic E-state index is 13.7. The number of hydrogen-bond donors (Lipinski definition) is 1. The molecule has 5 rings (SSSR count). The lowest BCUT2D eigenvalue weighted by molar-refractivity contribution is -0.118. The number of thiophene rings is 1. The second-order valence-corrected chi connectivity index (χ2v) is 10.6. The Morgan fingerprint density at radius 2 is 1.71 bits per heavy atom. The van der Waals surface area contributed by atoms with Crippen molar-refractivity contribution in [2.45, 2.75) is 50.4 Å². The van der Waals surface area contributed by atoms with E-state index in [4.69, 9.17) is 4.98 Å². The molecule has 0 unspecified atom stereocenters. The number of benzene rings is 2. The molecule has 4 aromatic rings. The standard InChI is InChI=1S/C27H27N3O2S2/c31-23(28-17-20-11-5-2-6-12-20)18-33-27-29-25-24(21-13-7-8-14-22(21)34-25)26(32)30(27)16-15-19-9-3-1-4-10-19/h1-6,9-12H,7-8,13-18H2,(H,28,31). The van der Waals surface area contributed by atoms with Crippen molar-refractivity contribution in [3.8, 4) is 0 Å². The average Bonchev–Trinajstić information content (AvgIpc) is 3.25. The molecule has 0 saturated heterocycles. The summed E-state index contributed by atoms with van der Waals surface area (Å²) in [5.74, 6) is 0.157. The van der Waals surface area contributed by atoms with E-state index in [1.165, 1.54) is 34.2 Å². The van der Waals surface area contributed by atoms with Crippen LogP contribution in [0.2, 0.25) is 0 Å². The van der Waals surface area contributed by atoms with Gasteiger partial charge in [0.2, 0.25) is 5.91 Å². The number of fused-ring (bicyclic) bond motifs is 3. The normalized spacial score (nSPS) is 13.1. The van der Waals surface area contributed by atoms with Gasteiger partial charge in [0.05, 0.1) is 11.1 Å². The van der Waals surface area contributed by atoms with Crippen molar-refractivity contribution in [2.24, 2.45) is 0 Å². The molecule has 1 aliphatic rings. The molecular formula is C27H27N3O2S2. The molecule has 0 fully saturated rings. The van der Waals surface area contributed by atoms with Gasteiger partial charge in [-0.3, -0.25) is 14.2 Å². The maximum absolute atomic E-state index is 13.7. The molecule has 0 atom stereocenters. The zero-order valence-corrected chi connectivity index (χ0v) is 20.6. The SMILES string of the molecule is O=C(CSc1nc2sc3c(c2c(=O)n1CCc1ccccc1)CCCC3)NCc1ccccc1. The lowest BCUT2D eigenvalue weighted by Gasteiger charge is -2.14. The highest BCUT2D eigenvalue weighted by Crippen LogP contribution is 2.34. The third-order valence-electron chi connectivity index (χ3n) is 6.17. The summed E-state index contributed by atoms with van der Waals surface area (Å²) in [4.78, 5) is 33.3. The number of amides is 1. The number of nitrogens with one attached hydrogen (secondary N) is 1. The van der Waals surface area contributed by atoms with Crippen LogP contribution in [-0.2, 0) is 37.1 Å². The van der Waals surface area contributed by atoms with Crippen molar-refractivity contribution in [1.29, 1.82) is 0 Å². The van der Waals surface area contributed by atoms with Gasteiger partial charge in [-0.25, -0.2) is 4.98 Å². The quantitative estimate of drug-likeness (QED) is 0.280. The second kappa shape index (κ2) is 10.6. The van der Waals surface area contributed by atoms with Gasteiger partial charge in [-0.15, -0.1) is 11.3 Å². The van der Waals surface area contributed by atoms with Crippen LogP contribution in [0, 0.1) is 0 Å². The third kappa shape index (κ3) is 5.10. The van der Waals surface area contributed by atoms with Crippen LogP contribution in [-0.4, -0.2) is 21.2 Å². The van der Waals surface area contributed by atoms with Gasteiger partial charge in [-0.2, -0.15) is 0 Å². The molecule has 2 heterocycles. The Labute approximate surface area is 207 Å². The predicted molar refractivity (Wildman–Crippen MR) is 140 cm³/mol. The average molecular weight is 490 g/mol. The summed E-state index contributed by atoms with van der Waals surface area (Å²) in [6.07, 6.45) is 5.03. The summed E-state index contributed by atoms with van der Waals surface area (Å²) in [5.41, 5.74) is 3.48. The van der Waals surface area contributed by atoms with E-state index in [1.54, 1.807) is 15.9 Å². The zero-order valence-electron chi connectivity index (χ0n) is 19.0. The van der Waals surface area contributed by atoms with Crippen molar-refractivity contribution in [2.75, 3.05) is 5.75 Å². The van der Waals surface area contributed by atoms with Crippen LogP contribution < -0.4 is 10.9 Å². The molecular weight excluding hydrogens is 462 g/mol. The molecule has 0 aliphatic heterocycles. The summed E-state index contributed by atoms with van der Waals surface area (Å²) in [7, 11) is 0. The first-order chi connectivity index (χ1) is 16.7. The van der Waals surface area contributed by atoms with E-state index < -0.39 is 0 Å². The summed E-state index contributed by atoms with van der Waals surface area (Å²) >= 11 is 3.00. The van der Waals surface area contributed by atoms with Crippen LogP contribution in [0.3, 0.4) is 0 Å². The van der Waals surface area contributed by atoms with E-state index in [1.807, 2.05) is 48.5 Å². The van der Waals surface area contributed by atoms with Crippen LogP contribution in [0.5, 0.6) is 0 Å². The van der Waals surface area contributed by atoms with E-state index in [0.717, 1.165) is 41.5 Å². The molecule has 1 amide bonds. The molecule has 0 radical (unpaired) electrons. The minimum atomic E-state index is -0.0664. The topological polar surface area (TPSA) is 64.0 Å². The van der Waals surface area contributed by atoms with Crippen LogP contribution in [0.25, 0.3) is 10.2 Å². The fraction of sp³-hybridized carbons (Fsp3) is 0.296. The number of aryl methyl sites for hydroxylation is 3. The highest BCUT2D eigenvalue weighted by atomic mass is 32.2. The van der Waals surface area contributed by atoms with Gasteiger partial charge in [-0.05, 0) is 48.8 Å². The van der Waals surface area contributed by atoms with Gasteiger partial charge < -0.3 is 5.32 Å². The fourth-order valence-electron chi connectivity index (χ4n) is 4.39. The van der Waals surface area contributed by atoms with Gasteiger partial charge in [-0.1, -0.05) is 72.4 Å². The number of carbonyl (C=O) groups excluding carboxylic acids is 1. The van der Waals surface area contributed by atoms with Gasteiger partial charge in [0.1, 0.15) is 4.83 Å². The summed E-state index contributed by atoms with van der Waals surface area (Å²) in [5, 5.41) is 4.39. The summed E-state index contributed by atoms with van der Waals surface area (Å²) in [6.45, 7) is 1.04. The largest absolute Gasteiger partial charge is 0.351 e. The number of carbonyl (C=O) groups is 1. The van der Waals surface area contributed by atoms with Crippen LogP contribution >= 0.6 is 23.1 Å². The Kier molecular flexibility index (Phi) is 7.11. The van der Waals surface area contributed by atoms with Crippen molar-refractivity contribution in [3.05, 3.63) is 92.6 Å². The van der Waals surface area contributed by atoms with Crippen molar-refractivity contribution >= 4 is 39.2 Å². The highest BCUT2D eigenvalue weighted by molar-refractivity contribution is 7.99. The minimum Gasteiger partial charge on any atom is -0.351 e. The van der Waals surface area contributed by atoms with E-state index in [2.05, 4.69) is 17.4 Å². The molecule has 34 heavy (non-hydrogen) atoms. The third-order valence-corrected chi connectivity index (χ3v) is 8.33. The second-order valence-electron chi connectivity index (χ2n) is 8.53. The van der Waals surface area contributed by atoms with Crippen molar-refractivity contribution in [1.82, 2.24) is 14.9 Å². The van der Waals surface area contributed by atoms with Crippen molar-refractivity contribution in [3.63, 3.8) is 0 Å². The lowest BCUT2D eigenvalue weighted by atomic mass is 9.97. The van der Waals surface area contributed by atoms with Gasteiger partial charge >= 0.3 is 0 Å².